The fourth-order valence-corrected chi connectivity index (χ4v) is 3.20. The first kappa shape index (κ1) is 20.7. The first-order chi connectivity index (χ1) is 13.8. The maximum atomic E-state index is 12.3. The number of oxazole rings is 1. The molecule has 0 aliphatic carbocycles. The van der Waals surface area contributed by atoms with E-state index in [-0.39, 0.29) is 5.56 Å². The summed E-state index contributed by atoms with van der Waals surface area (Å²) in [6, 6.07) is 13.9. The molecule has 1 N–H and O–H groups in total. The summed E-state index contributed by atoms with van der Waals surface area (Å²) in [5.74, 6) is -1.49. The van der Waals surface area contributed by atoms with E-state index in [1.165, 1.54) is 17.8 Å². The van der Waals surface area contributed by atoms with Gasteiger partial charge in [0.25, 0.3) is 11.1 Å². The number of halogens is 3. The molecular weight excluding hydrogens is 409 g/mol. The molecule has 1 aromatic heterocycles. The molecule has 0 saturated heterocycles. The van der Waals surface area contributed by atoms with Crippen LogP contribution in [0.15, 0.2) is 58.2 Å². The summed E-state index contributed by atoms with van der Waals surface area (Å²) in [7, 11) is 0. The van der Waals surface area contributed by atoms with Crippen LogP contribution in [0.3, 0.4) is 0 Å². The molecule has 0 unspecified atom stereocenters. The number of carbonyl (C=O) groups excluding carboxylic acids is 2. The van der Waals surface area contributed by atoms with Crippen LogP contribution in [-0.2, 0) is 15.3 Å². The van der Waals surface area contributed by atoms with Crippen LogP contribution in [0.1, 0.15) is 15.9 Å². The molecule has 152 valence electrons. The first-order valence-electron chi connectivity index (χ1n) is 8.39. The van der Waals surface area contributed by atoms with Gasteiger partial charge in [0.15, 0.2) is 12.2 Å². The number of esters is 1. The first-order valence-corrected chi connectivity index (χ1v) is 9.37. The number of alkyl halides is 3. The van der Waals surface area contributed by atoms with Gasteiger partial charge in [-0.2, -0.15) is 13.2 Å². The largest absolute Gasteiger partial charge is 0.452 e. The maximum Gasteiger partial charge on any atom is 0.405 e. The summed E-state index contributed by atoms with van der Waals surface area (Å²) in [6.45, 7) is -2.29. The molecule has 1 heterocycles. The number of thioether (sulfide) groups is 1. The predicted molar refractivity (Wildman–Crippen MR) is 99.4 cm³/mol. The molecule has 29 heavy (non-hydrogen) atoms. The highest BCUT2D eigenvalue weighted by Crippen LogP contribution is 2.27. The number of aromatic nitrogens is 1. The van der Waals surface area contributed by atoms with Gasteiger partial charge in [-0.25, -0.2) is 9.78 Å². The molecule has 0 fully saturated rings. The molecule has 3 rings (SSSR count). The summed E-state index contributed by atoms with van der Waals surface area (Å²) in [5, 5.41) is 2.07. The van der Waals surface area contributed by atoms with Gasteiger partial charge in [0.05, 0.1) is 5.56 Å². The molecule has 2 aromatic carbocycles. The second-order valence-corrected chi connectivity index (χ2v) is 6.79. The van der Waals surface area contributed by atoms with Crippen molar-refractivity contribution < 1.29 is 31.9 Å². The van der Waals surface area contributed by atoms with Gasteiger partial charge in [-0.15, -0.1) is 0 Å². The standard InChI is InChI=1S/C19H15F3N2O4S/c20-19(21,22)11-23-16(25)9-27-17(26)13-6-2-1-5-12(13)10-29-18-24-14-7-3-4-8-15(14)28-18/h1-8H,9-11H2,(H,23,25). The summed E-state index contributed by atoms with van der Waals surface area (Å²) in [4.78, 5) is 28.0. The SMILES string of the molecule is O=C(COC(=O)c1ccccc1CSc1nc2ccccc2o1)NCC(F)(F)F. The second-order valence-electron chi connectivity index (χ2n) is 5.86. The molecule has 6 nitrogen and oxygen atoms in total. The molecule has 0 radical (unpaired) electrons. The smallest absolute Gasteiger partial charge is 0.405 e. The van der Waals surface area contributed by atoms with Crippen LogP contribution in [0.2, 0.25) is 0 Å². The lowest BCUT2D eigenvalue weighted by atomic mass is 10.1. The highest BCUT2D eigenvalue weighted by Gasteiger charge is 2.28. The minimum absolute atomic E-state index is 0.208. The van der Waals surface area contributed by atoms with Crippen LogP contribution in [0.5, 0.6) is 0 Å². The maximum absolute atomic E-state index is 12.3. The van der Waals surface area contributed by atoms with Gasteiger partial charge < -0.3 is 14.5 Å². The number of rotatable bonds is 7. The highest BCUT2D eigenvalue weighted by atomic mass is 32.2. The lowest BCUT2D eigenvalue weighted by Crippen LogP contribution is -2.36. The Kier molecular flexibility index (Phi) is 6.42. The number of hydrogen-bond acceptors (Lipinski definition) is 6. The topological polar surface area (TPSA) is 81.4 Å². The monoisotopic (exact) mass is 424 g/mol. The van der Waals surface area contributed by atoms with Crippen molar-refractivity contribution in [3.8, 4) is 0 Å². The van der Waals surface area contributed by atoms with Gasteiger partial charge in [0.1, 0.15) is 12.1 Å². The lowest BCUT2D eigenvalue weighted by molar-refractivity contribution is -0.140. The van der Waals surface area contributed by atoms with Gasteiger partial charge in [-0.05, 0) is 23.8 Å². The average Bonchev–Trinajstić information content (AvgIpc) is 3.11. The van der Waals surface area contributed by atoms with Crippen molar-refractivity contribution in [1.29, 1.82) is 0 Å². The zero-order valence-electron chi connectivity index (χ0n) is 14.9. The Bertz CT molecular complexity index is 987. The van der Waals surface area contributed by atoms with Crippen LogP contribution in [0, 0.1) is 0 Å². The Morgan fingerprint density at radius 2 is 1.83 bits per heavy atom. The Morgan fingerprint density at radius 3 is 2.59 bits per heavy atom. The molecule has 0 saturated carbocycles. The highest BCUT2D eigenvalue weighted by molar-refractivity contribution is 7.98. The third kappa shape index (κ3) is 5.98. The fourth-order valence-electron chi connectivity index (χ4n) is 2.36. The predicted octanol–water partition coefficient (Wildman–Crippen LogP) is 3.96. The van der Waals surface area contributed by atoms with E-state index in [1.807, 2.05) is 18.2 Å². The van der Waals surface area contributed by atoms with Gasteiger partial charge in [0.2, 0.25) is 0 Å². The Hall–Kier alpha value is -3.01. The minimum atomic E-state index is -4.53. The van der Waals surface area contributed by atoms with E-state index in [1.54, 1.807) is 29.6 Å². The molecule has 3 aromatic rings. The molecule has 0 aliphatic heterocycles. The average molecular weight is 424 g/mol. The van der Waals surface area contributed by atoms with Gasteiger partial charge in [0, 0.05) is 5.75 Å². The van der Waals surface area contributed by atoms with Crippen molar-refractivity contribution in [3.63, 3.8) is 0 Å². The number of carbonyl (C=O) groups is 2. The van der Waals surface area contributed by atoms with E-state index in [0.717, 1.165) is 0 Å². The van der Waals surface area contributed by atoms with Crippen molar-refractivity contribution in [2.75, 3.05) is 13.2 Å². The van der Waals surface area contributed by atoms with Crippen LogP contribution < -0.4 is 5.32 Å². The Labute approximate surface area is 167 Å². The van der Waals surface area contributed by atoms with Crippen molar-refractivity contribution in [2.24, 2.45) is 0 Å². The normalized spacial score (nSPS) is 11.4. The molecular formula is C19H15F3N2O4S. The van der Waals surface area contributed by atoms with E-state index in [4.69, 9.17) is 9.15 Å². The number of hydrogen-bond donors (Lipinski definition) is 1. The van der Waals surface area contributed by atoms with Crippen LogP contribution in [-0.4, -0.2) is 36.2 Å². The van der Waals surface area contributed by atoms with E-state index >= 15 is 0 Å². The minimum Gasteiger partial charge on any atom is -0.452 e. The number of amides is 1. The number of nitrogens with one attached hydrogen (secondary N) is 1. The quantitative estimate of drug-likeness (QED) is 0.457. The molecule has 0 atom stereocenters. The fraction of sp³-hybridized carbons (Fsp3) is 0.211. The zero-order chi connectivity index (χ0) is 20.9. The van der Waals surface area contributed by atoms with Crippen LogP contribution >= 0.6 is 11.8 Å². The molecule has 0 bridgehead atoms. The zero-order valence-corrected chi connectivity index (χ0v) is 15.7. The second kappa shape index (κ2) is 8.99. The van der Waals surface area contributed by atoms with Crippen LogP contribution in [0.4, 0.5) is 13.2 Å². The molecule has 1 amide bonds. The molecule has 10 heteroatoms. The third-order valence-electron chi connectivity index (χ3n) is 3.68. The van der Waals surface area contributed by atoms with Crippen molar-refractivity contribution in [3.05, 3.63) is 59.7 Å². The number of benzene rings is 2. The summed E-state index contributed by atoms with van der Waals surface area (Å²) in [5.41, 5.74) is 2.18. The van der Waals surface area contributed by atoms with Crippen molar-refractivity contribution in [1.82, 2.24) is 10.3 Å². The summed E-state index contributed by atoms with van der Waals surface area (Å²) < 4.78 is 46.7. The van der Waals surface area contributed by atoms with E-state index in [2.05, 4.69) is 4.98 Å². The van der Waals surface area contributed by atoms with Crippen molar-refractivity contribution in [2.45, 2.75) is 17.2 Å². The lowest BCUT2D eigenvalue weighted by Gasteiger charge is -2.10. The van der Waals surface area contributed by atoms with E-state index in [0.29, 0.717) is 27.6 Å². The summed E-state index contributed by atoms with van der Waals surface area (Å²) >= 11 is 1.28. The molecule has 0 spiro atoms. The van der Waals surface area contributed by atoms with Gasteiger partial charge >= 0.3 is 12.1 Å². The number of para-hydroxylation sites is 2. The van der Waals surface area contributed by atoms with E-state index < -0.39 is 31.2 Å². The Balaban J connectivity index is 1.59. The third-order valence-corrected chi connectivity index (χ3v) is 4.56. The van der Waals surface area contributed by atoms with Gasteiger partial charge in [-0.1, -0.05) is 42.1 Å². The van der Waals surface area contributed by atoms with E-state index in [9.17, 15) is 22.8 Å². The summed E-state index contributed by atoms with van der Waals surface area (Å²) in [6.07, 6.45) is -4.53. The van der Waals surface area contributed by atoms with Crippen LogP contribution in [0.25, 0.3) is 11.1 Å². The Morgan fingerprint density at radius 1 is 1.10 bits per heavy atom. The molecule has 0 aliphatic rings. The number of nitrogens with zero attached hydrogens (tertiary/aromatic N) is 1. The van der Waals surface area contributed by atoms with Crippen molar-refractivity contribution >= 4 is 34.7 Å². The number of fused-ring (bicyclic) bond motifs is 1. The van der Waals surface area contributed by atoms with Gasteiger partial charge in [-0.3, -0.25) is 4.79 Å². The number of ether oxygens (including phenoxy) is 1.